The van der Waals surface area contributed by atoms with Crippen LogP contribution in [0.1, 0.15) is 53.4 Å². The number of hydrogen-bond acceptors (Lipinski definition) is 1. The van der Waals surface area contributed by atoms with E-state index in [2.05, 4.69) is 39.5 Å². The van der Waals surface area contributed by atoms with Crippen LogP contribution in [-0.4, -0.2) is 10.5 Å². The molecule has 0 amide bonds. The van der Waals surface area contributed by atoms with E-state index < -0.39 is 0 Å². The first-order valence-electron chi connectivity index (χ1n) is 5.86. The summed E-state index contributed by atoms with van der Waals surface area (Å²) >= 11 is 2.28. The third-order valence-corrected chi connectivity index (χ3v) is 5.53. The lowest BCUT2D eigenvalue weighted by Crippen LogP contribution is -2.16. The van der Waals surface area contributed by atoms with Crippen molar-refractivity contribution >= 4 is 11.8 Å². The summed E-state index contributed by atoms with van der Waals surface area (Å²) in [6.45, 7) is 9.53. The Hall–Kier alpha value is 0.350. The predicted octanol–water partition coefficient (Wildman–Crippen LogP) is 4.34. The molecule has 0 aromatic rings. The highest BCUT2D eigenvalue weighted by Crippen LogP contribution is 2.46. The monoisotopic (exact) mass is 200 g/mol. The molecule has 0 aliphatic carbocycles. The minimum atomic E-state index is 0.946. The fourth-order valence-corrected chi connectivity index (χ4v) is 4.56. The maximum Gasteiger partial charge on any atom is 0.00784 e. The largest absolute Gasteiger partial charge is 0.155 e. The van der Waals surface area contributed by atoms with Crippen molar-refractivity contribution in [2.75, 3.05) is 0 Å². The maximum atomic E-state index is 2.45. The minimum absolute atomic E-state index is 0.946. The second-order valence-electron chi connectivity index (χ2n) is 4.51. The van der Waals surface area contributed by atoms with Crippen molar-refractivity contribution in [2.45, 2.75) is 63.9 Å². The van der Waals surface area contributed by atoms with Crippen molar-refractivity contribution in [3.05, 3.63) is 0 Å². The van der Waals surface area contributed by atoms with E-state index in [9.17, 15) is 0 Å². The smallest absolute Gasteiger partial charge is 0.00784 e. The van der Waals surface area contributed by atoms with E-state index in [1.165, 1.54) is 25.7 Å². The first-order chi connectivity index (χ1) is 6.20. The van der Waals surface area contributed by atoms with Gasteiger partial charge in [0.25, 0.3) is 0 Å². The van der Waals surface area contributed by atoms with Gasteiger partial charge in [-0.25, -0.2) is 0 Å². The van der Waals surface area contributed by atoms with E-state index in [0.717, 1.165) is 22.3 Å². The Morgan fingerprint density at radius 2 is 1.23 bits per heavy atom. The maximum absolute atomic E-state index is 2.45. The van der Waals surface area contributed by atoms with E-state index in [0.29, 0.717) is 0 Å². The van der Waals surface area contributed by atoms with E-state index in [1.54, 1.807) is 0 Å². The zero-order valence-electron chi connectivity index (χ0n) is 9.55. The molecule has 78 valence electrons. The van der Waals surface area contributed by atoms with Crippen molar-refractivity contribution < 1.29 is 0 Å². The molecule has 1 rings (SSSR count). The highest BCUT2D eigenvalue weighted by molar-refractivity contribution is 8.00. The van der Waals surface area contributed by atoms with Gasteiger partial charge in [0.2, 0.25) is 0 Å². The first kappa shape index (κ1) is 11.4. The topological polar surface area (TPSA) is 0 Å². The summed E-state index contributed by atoms with van der Waals surface area (Å²) in [4.78, 5) is 0. The van der Waals surface area contributed by atoms with Crippen LogP contribution < -0.4 is 0 Å². The fourth-order valence-electron chi connectivity index (χ4n) is 2.38. The van der Waals surface area contributed by atoms with Gasteiger partial charge in [0.1, 0.15) is 0 Å². The van der Waals surface area contributed by atoms with E-state index >= 15 is 0 Å². The molecule has 4 unspecified atom stereocenters. The highest BCUT2D eigenvalue weighted by atomic mass is 32.2. The van der Waals surface area contributed by atoms with E-state index in [-0.39, 0.29) is 0 Å². The molecule has 4 atom stereocenters. The van der Waals surface area contributed by atoms with Gasteiger partial charge in [0.05, 0.1) is 0 Å². The summed E-state index contributed by atoms with van der Waals surface area (Å²) in [6, 6.07) is 0. The third-order valence-electron chi connectivity index (χ3n) is 3.50. The zero-order valence-corrected chi connectivity index (χ0v) is 10.4. The summed E-state index contributed by atoms with van der Waals surface area (Å²) in [5.41, 5.74) is 0. The molecule has 0 bridgehead atoms. The van der Waals surface area contributed by atoms with Crippen LogP contribution >= 0.6 is 11.8 Å². The van der Waals surface area contributed by atoms with Gasteiger partial charge >= 0.3 is 0 Å². The molecule has 1 aliphatic rings. The highest BCUT2D eigenvalue weighted by Gasteiger charge is 2.36. The summed E-state index contributed by atoms with van der Waals surface area (Å²) < 4.78 is 0. The molecule has 1 saturated heterocycles. The van der Waals surface area contributed by atoms with Crippen molar-refractivity contribution in [2.24, 2.45) is 11.8 Å². The number of thioether (sulfide) groups is 1. The molecular weight excluding hydrogens is 176 g/mol. The predicted molar refractivity (Wildman–Crippen MR) is 63.3 cm³/mol. The van der Waals surface area contributed by atoms with Crippen LogP contribution in [0, 0.1) is 11.8 Å². The van der Waals surface area contributed by atoms with Gasteiger partial charge in [-0.2, -0.15) is 11.8 Å². The van der Waals surface area contributed by atoms with Gasteiger partial charge in [0, 0.05) is 10.5 Å². The Morgan fingerprint density at radius 1 is 0.846 bits per heavy atom. The molecular formula is C12H24S. The molecule has 0 radical (unpaired) electrons. The molecule has 1 fully saturated rings. The van der Waals surface area contributed by atoms with E-state index in [1.807, 2.05) is 0 Å². The van der Waals surface area contributed by atoms with Crippen molar-refractivity contribution in [1.82, 2.24) is 0 Å². The summed E-state index contributed by atoms with van der Waals surface area (Å²) in [6.07, 6.45) is 5.56. The summed E-state index contributed by atoms with van der Waals surface area (Å²) in [7, 11) is 0. The van der Waals surface area contributed by atoms with Crippen LogP contribution in [0.15, 0.2) is 0 Å². The standard InChI is InChI=1S/C12H24S/c1-5-7-11-9(3)10(4)12(13-11)8-6-2/h9-12H,5-8H2,1-4H3. The van der Waals surface area contributed by atoms with Gasteiger partial charge in [-0.05, 0) is 24.7 Å². The molecule has 0 spiro atoms. The zero-order chi connectivity index (χ0) is 9.84. The van der Waals surface area contributed by atoms with E-state index in [4.69, 9.17) is 0 Å². The quantitative estimate of drug-likeness (QED) is 0.650. The molecule has 1 heterocycles. The molecule has 1 heteroatoms. The van der Waals surface area contributed by atoms with Crippen LogP contribution in [0.5, 0.6) is 0 Å². The molecule has 0 saturated carbocycles. The third kappa shape index (κ3) is 2.65. The second-order valence-corrected chi connectivity index (χ2v) is 5.99. The van der Waals surface area contributed by atoms with Crippen LogP contribution in [0.3, 0.4) is 0 Å². The average molecular weight is 200 g/mol. The minimum Gasteiger partial charge on any atom is -0.155 e. The van der Waals surface area contributed by atoms with Crippen molar-refractivity contribution in [3.63, 3.8) is 0 Å². The Kier molecular flexibility index (Phi) is 4.64. The summed E-state index contributed by atoms with van der Waals surface area (Å²) in [5, 5.41) is 1.91. The van der Waals surface area contributed by atoms with Gasteiger partial charge in [0.15, 0.2) is 0 Å². The Morgan fingerprint density at radius 3 is 1.54 bits per heavy atom. The molecule has 1 aliphatic heterocycles. The van der Waals surface area contributed by atoms with Crippen LogP contribution in [-0.2, 0) is 0 Å². The van der Waals surface area contributed by atoms with Crippen LogP contribution in [0.25, 0.3) is 0 Å². The molecule has 0 aromatic carbocycles. The molecule has 13 heavy (non-hydrogen) atoms. The lowest BCUT2D eigenvalue weighted by molar-refractivity contribution is 0.376. The normalized spacial score (nSPS) is 39.7. The number of hydrogen-bond donors (Lipinski definition) is 0. The van der Waals surface area contributed by atoms with Gasteiger partial charge in [-0.15, -0.1) is 0 Å². The molecule has 0 nitrogen and oxygen atoms in total. The lowest BCUT2D eigenvalue weighted by Gasteiger charge is -2.16. The Labute approximate surface area is 87.9 Å². The van der Waals surface area contributed by atoms with Crippen molar-refractivity contribution in [1.29, 1.82) is 0 Å². The van der Waals surface area contributed by atoms with Crippen LogP contribution in [0.4, 0.5) is 0 Å². The fraction of sp³-hybridized carbons (Fsp3) is 1.00. The average Bonchev–Trinajstić information content (AvgIpc) is 2.36. The molecule has 0 aromatic heterocycles. The molecule has 0 N–H and O–H groups in total. The second kappa shape index (κ2) is 5.29. The van der Waals surface area contributed by atoms with Gasteiger partial charge in [-0.1, -0.05) is 40.5 Å². The number of rotatable bonds is 4. The lowest BCUT2D eigenvalue weighted by atomic mass is 9.87. The Balaban J connectivity index is 2.45. The van der Waals surface area contributed by atoms with Gasteiger partial charge < -0.3 is 0 Å². The SMILES string of the molecule is CCCC1SC(CCC)C(C)C1C. The van der Waals surface area contributed by atoms with Gasteiger partial charge in [-0.3, -0.25) is 0 Å². The van der Waals surface area contributed by atoms with Crippen LogP contribution in [0.2, 0.25) is 0 Å². The Bertz CT molecular complexity index is 128. The first-order valence-corrected chi connectivity index (χ1v) is 6.80. The van der Waals surface area contributed by atoms with Crippen molar-refractivity contribution in [3.8, 4) is 0 Å². The summed E-state index contributed by atoms with van der Waals surface area (Å²) in [5.74, 6) is 1.89.